The summed E-state index contributed by atoms with van der Waals surface area (Å²) in [6.07, 6.45) is 2.22. The van der Waals surface area contributed by atoms with E-state index in [2.05, 4.69) is 19.6 Å². The van der Waals surface area contributed by atoms with E-state index in [1.807, 2.05) is 13.0 Å². The van der Waals surface area contributed by atoms with Gasteiger partial charge in [-0.2, -0.15) is 8.78 Å². The Morgan fingerprint density at radius 2 is 2.00 bits per heavy atom. The summed E-state index contributed by atoms with van der Waals surface area (Å²) < 4.78 is 35.1. The lowest BCUT2D eigenvalue weighted by Crippen LogP contribution is -2.48. The first-order chi connectivity index (χ1) is 14.0. The Morgan fingerprint density at radius 1 is 1.24 bits per heavy atom. The number of nitrogen functional groups attached to an aromatic ring is 1. The van der Waals surface area contributed by atoms with Crippen molar-refractivity contribution in [2.75, 3.05) is 32.0 Å². The Bertz CT molecular complexity index is 912. The maximum absolute atomic E-state index is 12.6. The summed E-state index contributed by atoms with van der Waals surface area (Å²) in [5.74, 6) is 2.18. The number of pyridine rings is 1. The van der Waals surface area contributed by atoms with Gasteiger partial charge in [0, 0.05) is 42.9 Å². The van der Waals surface area contributed by atoms with E-state index in [0.717, 1.165) is 37.8 Å². The molecule has 2 N–H and O–H groups in total. The maximum atomic E-state index is 12.6. The van der Waals surface area contributed by atoms with Gasteiger partial charge in [0.15, 0.2) is 11.6 Å². The van der Waals surface area contributed by atoms with Crippen LogP contribution in [0.5, 0.6) is 5.75 Å². The van der Waals surface area contributed by atoms with Crippen molar-refractivity contribution in [3.8, 4) is 17.0 Å². The van der Waals surface area contributed by atoms with E-state index < -0.39 is 6.61 Å². The van der Waals surface area contributed by atoms with Crippen molar-refractivity contribution in [1.82, 2.24) is 19.9 Å². The zero-order valence-corrected chi connectivity index (χ0v) is 16.1. The number of aryl methyl sites for hydroxylation is 1. The highest BCUT2D eigenvalue weighted by Crippen LogP contribution is 2.58. The van der Waals surface area contributed by atoms with Gasteiger partial charge >= 0.3 is 6.61 Å². The molecule has 0 amide bonds. The normalized spacial score (nSPS) is 26.4. The van der Waals surface area contributed by atoms with Crippen molar-refractivity contribution in [3.63, 3.8) is 0 Å². The van der Waals surface area contributed by atoms with Crippen LogP contribution in [0.25, 0.3) is 11.3 Å². The van der Waals surface area contributed by atoms with Crippen molar-refractivity contribution in [1.29, 1.82) is 0 Å². The van der Waals surface area contributed by atoms with Gasteiger partial charge in [-0.1, -0.05) is 6.92 Å². The first-order valence-electron chi connectivity index (χ1n) is 9.93. The highest BCUT2D eigenvalue weighted by atomic mass is 19.3. The van der Waals surface area contributed by atoms with Crippen molar-refractivity contribution in [2.24, 2.45) is 11.8 Å². The second-order valence-electron chi connectivity index (χ2n) is 7.93. The Balaban J connectivity index is 1.40. The molecule has 3 atom stereocenters. The third kappa shape index (κ3) is 3.42. The molecule has 5 rings (SSSR count). The highest BCUT2D eigenvalue weighted by Gasteiger charge is 2.58. The average Bonchev–Trinajstić information content (AvgIpc) is 3.16. The van der Waals surface area contributed by atoms with E-state index in [9.17, 15) is 8.78 Å². The standard InChI is InChI=1S/C20H23F2N5O2/c1-2-17-25-14(10-3-16(29-20(21)22)19(23)24-5-10)4-15(26-17)18-12-6-27(7-13(12)18)11-8-28-9-11/h3-5,11-13,18,20H,2,6-9H2,1H3,(H2,23,24)/t12-,13+,18?. The molecule has 2 saturated heterocycles. The first-order valence-corrected chi connectivity index (χ1v) is 9.93. The van der Waals surface area contributed by atoms with Crippen LogP contribution in [-0.2, 0) is 11.2 Å². The summed E-state index contributed by atoms with van der Waals surface area (Å²) >= 11 is 0. The van der Waals surface area contributed by atoms with Crippen LogP contribution >= 0.6 is 0 Å². The number of anilines is 1. The lowest BCUT2D eigenvalue weighted by atomic mass is 10.1. The minimum absolute atomic E-state index is 0.0733. The van der Waals surface area contributed by atoms with Gasteiger partial charge in [-0.15, -0.1) is 0 Å². The molecule has 9 heteroatoms. The fourth-order valence-electron chi connectivity index (χ4n) is 4.51. The number of ether oxygens (including phenoxy) is 2. The fraction of sp³-hybridized carbons (Fsp3) is 0.550. The molecular formula is C20H23F2N5O2. The second-order valence-corrected chi connectivity index (χ2v) is 7.93. The Hall–Kier alpha value is -2.39. The largest absolute Gasteiger partial charge is 0.431 e. The predicted molar refractivity (Wildman–Crippen MR) is 102 cm³/mol. The van der Waals surface area contributed by atoms with Gasteiger partial charge in [-0.3, -0.25) is 4.90 Å². The molecular weight excluding hydrogens is 380 g/mol. The number of hydrogen-bond donors (Lipinski definition) is 1. The third-order valence-electron chi connectivity index (χ3n) is 6.20. The molecule has 154 valence electrons. The molecule has 1 unspecified atom stereocenters. The molecule has 0 radical (unpaired) electrons. The summed E-state index contributed by atoms with van der Waals surface area (Å²) in [5, 5.41) is 0. The summed E-state index contributed by atoms with van der Waals surface area (Å²) in [6.45, 7) is 2.89. The monoisotopic (exact) mass is 403 g/mol. The van der Waals surface area contributed by atoms with Crippen LogP contribution in [0, 0.1) is 11.8 Å². The van der Waals surface area contributed by atoms with Crippen molar-refractivity contribution in [2.45, 2.75) is 31.9 Å². The molecule has 1 aliphatic carbocycles. The number of likely N-dealkylation sites (tertiary alicyclic amines) is 1. The van der Waals surface area contributed by atoms with Gasteiger partial charge in [0.05, 0.1) is 24.9 Å². The number of aromatic nitrogens is 3. The molecule has 29 heavy (non-hydrogen) atoms. The average molecular weight is 403 g/mol. The van der Waals surface area contributed by atoms with Crippen LogP contribution in [0.2, 0.25) is 0 Å². The quantitative estimate of drug-likeness (QED) is 0.792. The van der Waals surface area contributed by atoms with Crippen LogP contribution in [0.15, 0.2) is 18.3 Å². The number of nitrogens with zero attached hydrogens (tertiary/aromatic N) is 4. The van der Waals surface area contributed by atoms with E-state index in [0.29, 0.717) is 41.5 Å². The second kappa shape index (κ2) is 7.14. The number of fused-ring (bicyclic) bond motifs is 1. The molecule has 0 spiro atoms. The van der Waals surface area contributed by atoms with Crippen LogP contribution < -0.4 is 10.5 Å². The van der Waals surface area contributed by atoms with E-state index in [-0.39, 0.29) is 11.6 Å². The topological polar surface area (TPSA) is 86.4 Å². The lowest BCUT2D eigenvalue weighted by Gasteiger charge is -2.35. The highest BCUT2D eigenvalue weighted by molar-refractivity contribution is 5.64. The van der Waals surface area contributed by atoms with Crippen LogP contribution in [0.3, 0.4) is 0 Å². The number of rotatable bonds is 6. The van der Waals surface area contributed by atoms with E-state index in [4.69, 9.17) is 15.5 Å². The number of alkyl halides is 2. The summed E-state index contributed by atoms with van der Waals surface area (Å²) in [4.78, 5) is 15.9. The molecule has 4 heterocycles. The van der Waals surface area contributed by atoms with Gasteiger partial charge in [0.1, 0.15) is 5.82 Å². The van der Waals surface area contributed by atoms with Crippen LogP contribution in [0.4, 0.5) is 14.6 Å². The van der Waals surface area contributed by atoms with Gasteiger partial charge in [-0.05, 0) is 24.0 Å². The maximum Gasteiger partial charge on any atom is 0.387 e. The van der Waals surface area contributed by atoms with Crippen molar-refractivity contribution in [3.05, 3.63) is 29.8 Å². The summed E-state index contributed by atoms with van der Waals surface area (Å²) in [6, 6.07) is 3.99. The molecule has 1 saturated carbocycles. The van der Waals surface area contributed by atoms with E-state index in [1.54, 1.807) is 0 Å². The Morgan fingerprint density at radius 3 is 2.62 bits per heavy atom. The number of halogens is 2. The molecule has 0 aromatic carbocycles. The molecule has 3 fully saturated rings. The Labute approximate surface area is 167 Å². The Kier molecular flexibility index (Phi) is 4.59. The minimum atomic E-state index is -2.96. The van der Waals surface area contributed by atoms with Gasteiger partial charge in [0.2, 0.25) is 0 Å². The molecule has 0 bridgehead atoms. The van der Waals surface area contributed by atoms with Gasteiger partial charge in [0.25, 0.3) is 0 Å². The minimum Gasteiger partial charge on any atom is -0.431 e. The van der Waals surface area contributed by atoms with Crippen molar-refractivity contribution < 1.29 is 18.3 Å². The number of piperidine rings is 1. The third-order valence-corrected chi connectivity index (χ3v) is 6.20. The predicted octanol–water partition coefficient (Wildman–Crippen LogP) is 2.33. The SMILES string of the molecule is CCc1nc(-c2cnc(N)c(OC(F)F)c2)cc(C2[C@H]3CN(C4COC4)C[C@@H]23)n1. The fourth-order valence-corrected chi connectivity index (χ4v) is 4.51. The molecule has 2 aromatic rings. The first kappa shape index (κ1) is 18.6. The number of nitrogens with two attached hydrogens (primary N) is 1. The summed E-state index contributed by atoms with van der Waals surface area (Å²) in [5.41, 5.74) is 7.94. The molecule has 2 aliphatic heterocycles. The van der Waals surface area contributed by atoms with Gasteiger partial charge in [-0.25, -0.2) is 15.0 Å². The molecule has 2 aromatic heterocycles. The smallest absolute Gasteiger partial charge is 0.387 e. The lowest BCUT2D eigenvalue weighted by molar-refractivity contribution is -0.0610. The van der Waals surface area contributed by atoms with Gasteiger partial charge < -0.3 is 15.2 Å². The zero-order valence-electron chi connectivity index (χ0n) is 16.1. The zero-order chi connectivity index (χ0) is 20.1. The van der Waals surface area contributed by atoms with Crippen LogP contribution in [0.1, 0.15) is 24.4 Å². The molecule has 7 nitrogen and oxygen atoms in total. The summed E-state index contributed by atoms with van der Waals surface area (Å²) in [7, 11) is 0. The molecule has 3 aliphatic rings. The van der Waals surface area contributed by atoms with Crippen molar-refractivity contribution >= 4 is 5.82 Å². The van der Waals surface area contributed by atoms with E-state index >= 15 is 0 Å². The van der Waals surface area contributed by atoms with E-state index in [1.165, 1.54) is 12.3 Å². The van der Waals surface area contributed by atoms with Crippen LogP contribution in [-0.4, -0.2) is 58.8 Å². The number of hydrogen-bond acceptors (Lipinski definition) is 7.